The number of rotatable bonds is 9. The molecule has 0 radical (unpaired) electrons. The summed E-state index contributed by atoms with van der Waals surface area (Å²) in [7, 11) is 0. The second-order valence-electron chi connectivity index (χ2n) is 13.7. The number of halogens is 2. The SMILES string of the molecule is CC(C)(C)OC(=O)N1CC2CCCCC2CC1C(O)C(Cc1cc(F)cc(F)c1)N(Cc1ccccc1)Cc1ccccc1. The highest BCUT2D eigenvalue weighted by molar-refractivity contribution is 5.69. The molecule has 0 bridgehead atoms. The van der Waals surface area contributed by atoms with E-state index in [1.165, 1.54) is 12.1 Å². The number of hydrogen-bond donors (Lipinski definition) is 1. The lowest BCUT2D eigenvalue weighted by atomic mass is 9.71. The smallest absolute Gasteiger partial charge is 0.410 e. The van der Waals surface area contributed by atoms with Crippen molar-refractivity contribution >= 4 is 6.09 Å². The molecule has 5 atom stereocenters. The molecule has 2 aliphatic rings. The minimum absolute atomic E-state index is 0.211. The van der Waals surface area contributed by atoms with E-state index in [0.717, 1.165) is 42.9 Å². The van der Waals surface area contributed by atoms with Gasteiger partial charge in [-0.05, 0) is 80.7 Å². The molecule has 3 aromatic carbocycles. The molecular formula is C37H46F2N2O3. The molecule has 1 aliphatic heterocycles. The number of aliphatic hydroxyl groups excluding tert-OH is 1. The summed E-state index contributed by atoms with van der Waals surface area (Å²) in [5, 5.41) is 12.5. The summed E-state index contributed by atoms with van der Waals surface area (Å²) in [6.07, 6.45) is 3.90. The molecule has 1 N–H and O–H groups in total. The summed E-state index contributed by atoms with van der Waals surface area (Å²) in [5.74, 6) is -0.515. The number of nitrogens with zero attached hydrogens (tertiary/aromatic N) is 2. The highest BCUT2D eigenvalue weighted by Crippen LogP contribution is 2.41. The summed E-state index contributed by atoms with van der Waals surface area (Å²) in [4.78, 5) is 17.7. The predicted octanol–water partition coefficient (Wildman–Crippen LogP) is 7.76. The van der Waals surface area contributed by atoms with Crippen molar-refractivity contribution in [1.29, 1.82) is 0 Å². The highest BCUT2D eigenvalue weighted by atomic mass is 19.1. The number of likely N-dealkylation sites (tertiary alicyclic amines) is 1. The van der Waals surface area contributed by atoms with Crippen LogP contribution in [0.2, 0.25) is 0 Å². The van der Waals surface area contributed by atoms with Crippen molar-refractivity contribution in [3.63, 3.8) is 0 Å². The molecular weight excluding hydrogens is 558 g/mol. The van der Waals surface area contributed by atoms with Gasteiger partial charge in [0.25, 0.3) is 0 Å². The van der Waals surface area contributed by atoms with E-state index in [-0.39, 0.29) is 6.42 Å². The molecule has 3 aromatic rings. The van der Waals surface area contributed by atoms with E-state index in [1.807, 2.05) is 81.4 Å². The fourth-order valence-corrected chi connectivity index (χ4v) is 7.13. The molecule has 1 heterocycles. The van der Waals surface area contributed by atoms with Crippen molar-refractivity contribution in [3.05, 3.63) is 107 Å². The molecule has 1 saturated carbocycles. The molecule has 2 fully saturated rings. The van der Waals surface area contributed by atoms with Gasteiger partial charge in [0.05, 0.1) is 12.1 Å². The van der Waals surface area contributed by atoms with Gasteiger partial charge in [0, 0.05) is 31.7 Å². The Bertz CT molecular complexity index is 1300. The number of carbonyl (C=O) groups is 1. The van der Waals surface area contributed by atoms with Gasteiger partial charge in [-0.1, -0.05) is 79.9 Å². The first-order chi connectivity index (χ1) is 21.1. The number of hydrogen-bond acceptors (Lipinski definition) is 4. The Labute approximate surface area is 260 Å². The molecule has 0 spiro atoms. The molecule has 5 rings (SSSR count). The van der Waals surface area contributed by atoms with Crippen LogP contribution >= 0.6 is 0 Å². The van der Waals surface area contributed by atoms with Crippen molar-refractivity contribution in [3.8, 4) is 0 Å². The van der Waals surface area contributed by atoms with E-state index < -0.39 is 41.5 Å². The number of aliphatic hydroxyl groups is 1. The number of amides is 1. The van der Waals surface area contributed by atoms with Gasteiger partial charge in [0.15, 0.2) is 0 Å². The number of carbonyl (C=O) groups excluding carboxylic acids is 1. The standard InChI is InChI=1S/C37H46F2N2O3/c1-37(2,3)44-36(43)41-25-30-17-11-10-16-29(30)21-34(41)35(42)33(20-28-18-31(38)22-32(39)19-28)40(23-26-12-6-4-7-13-26)24-27-14-8-5-9-15-27/h4-9,12-15,18-19,22,29-30,33-35,42H,10-11,16-17,20-21,23-25H2,1-3H3. The van der Waals surface area contributed by atoms with Gasteiger partial charge in [0.1, 0.15) is 17.2 Å². The van der Waals surface area contributed by atoms with E-state index in [9.17, 15) is 18.7 Å². The van der Waals surface area contributed by atoms with Crippen LogP contribution in [0.5, 0.6) is 0 Å². The average Bonchev–Trinajstić information content (AvgIpc) is 2.98. The lowest BCUT2D eigenvalue weighted by Crippen LogP contribution is -2.61. The van der Waals surface area contributed by atoms with Gasteiger partial charge in [-0.2, -0.15) is 0 Å². The Hall–Kier alpha value is -3.29. The molecule has 236 valence electrons. The number of fused-ring (bicyclic) bond motifs is 1. The van der Waals surface area contributed by atoms with Crippen molar-refractivity contribution in [2.75, 3.05) is 6.54 Å². The zero-order chi connectivity index (χ0) is 31.3. The Balaban J connectivity index is 1.55. The maximum Gasteiger partial charge on any atom is 0.410 e. The minimum atomic E-state index is -0.996. The van der Waals surface area contributed by atoms with Crippen molar-refractivity contribution in [2.24, 2.45) is 11.8 Å². The Kier molecular flexibility index (Phi) is 10.4. The van der Waals surface area contributed by atoms with Gasteiger partial charge in [-0.25, -0.2) is 13.6 Å². The van der Waals surface area contributed by atoms with E-state index in [0.29, 0.717) is 43.5 Å². The van der Waals surface area contributed by atoms with E-state index in [4.69, 9.17) is 4.74 Å². The predicted molar refractivity (Wildman–Crippen MR) is 169 cm³/mol. The zero-order valence-electron chi connectivity index (χ0n) is 26.2. The van der Waals surface area contributed by atoms with Crippen LogP contribution in [-0.4, -0.2) is 51.3 Å². The third-order valence-corrected chi connectivity index (χ3v) is 9.15. The van der Waals surface area contributed by atoms with Crippen LogP contribution in [0.15, 0.2) is 78.9 Å². The summed E-state index contributed by atoms with van der Waals surface area (Å²) < 4.78 is 34.8. The van der Waals surface area contributed by atoms with Crippen LogP contribution in [0.25, 0.3) is 0 Å². The van der Waals surface area contributed by atoms with E-state index >= 15 is 0 Å². The van der Waals surface area contributed by atoms with Gasteiger partial charge >= 0.3 is 6.09 Å². The molecule has 1 saturated heterocycles. The van der Waals surface area contributed by atoms with Crippen molar-refractivity contribution < 1.29 is 23.4 Å². The first-order valence-corrected chi connectivity index (χ1v) is 16.0. The third kappa shape index (κ3) is 8.45. The maximum absolute atomic E-state index is 14.5. The molecule has 44 heavy (non-hydrogen) atoms. The van der Waals surface area contributed by atoms with Crippen molar-refractivity contribution in [1.82, 2.24) is 9.80 Å². The topological polar surface area (TPSA) is 53.0 Å². The monoisotopic (exact) mass is 604 g/mol. The Morgan fingerprint density at radius 1 is 0.886 bits per heavy atom. The van der Waals surface area contributed by atoms with E-state index in [1.54, 1.807) is 4.90 Å². The molecule has 1 amide bonds. The molecule has 7 heteroatoms. The first-order valence-electron chi connectivity index (χ1n) is 16.0. The number of benzene rings is 3. The minimum Gasteiger partial charge on any atom is -0.444 e. The van der Waals surface area contributed by atoms with Crippen LogP contribution in [0.3, 0.4) is 0 Å². The largest absolute Gasteiger partial charge is 0.444 e. The summed E-state index contributed by atoms with van der Waals surface area (Å²) in [5.41, 5.74) is 1.91. The maximum atomic E-state index is 14.5. The lowest BCUT2D eigenvalue weighted by molar-refractivity contribution is -0.0699. The number of piperidine rings is 1. The van der Waals surface area contributed by atoms with Gasteiger partial charge in [-0.3, -0.25) is 4.90 Å². The summed E-state index contributed by atoms with van der Waals surface area (Å²) in [6.45, 7) is 7.13. The van der Waals surface area contributed by atoms with Gasteiger partial charge in [0.2, 0.25) is 0 Å². The molecule has 1 aliphatic carbocycles. The Morgan fingerprint density at radius 3 is 1.98 bits per heavy atom. The summed E-state index contributed by atoms with van der Waals surface area (Å²) >= 11 is 0. The molecule has 5 unspecified atom stereocenters. The van der Waals surface area contributed by atoms with E-state index in [2.05, 4.69) is 4.90 Å². The third-order valence-electron chi connectivity index (χ3n) is 9.15. The van der Waals surface area contributed by atoms with Crippen LogP contribution in [0.4, 0.5) is 13.6 Å². The number of ether oxygens (including phenoxy) is 1. The Morgan fingerprint density at radius 2 is 1.43 bits per heavy atom. The van der Waals surface area contributed by atoms with Gasteiger partial charge < -0.3 is 14.7 Å². The first kappa shape index (κ1) is 32.1. The second-order valence-corrected chi connectivity index (χ2v) is 13.7. The second kappa shape index (κ2) is 14.2. The van der Waals surface area contributed by atoms with Gasteiger partial charge in [-0.15, -0.1) is 0 Å². The fraction of sp³-hybridized carbons (Fsp3) is 0.486. The zero-order valence-corrected chi connectivity index (χ0v) is 26.2. The van der Waals surface area contributed by atoms with Crippen LogP contribution in [0, 0.1) is 23.5 Å². The lowest BCUT2D eigenvalue weighted by Gasteiger charge is -2.49. The summed E-state index contributed by atoms with van der Waals surface area (Å²) in [6, 6.07) is 22.6. The van der Waals surface area contributed by atoms with Crippen LogP contribution in [0.1, 0.15) is 69.6 Å². The van der Waals surface area contributed by atoms with Crippen molar-refractivity contribution in [2.45, 2.75) is 96.2 Å². The molecule has 0 aromatic heterocycles. The average molecular weight is 605 g/mol. The molecule has 5 nitrogen and oxygen atoms in total. The van der Waals surface area contributed by atoms with Crippen LogP contribution in [-0.2, 0) is 24.2 Å². The quantitative estimate of drug-likeness (QED) is 0.271. The van der Waals surface area contributed by atoms with Crippen LogP contribution < -0.4 is 0 Å². The normalized spacial score (nSPS) is 21.9. The highest BCUT2D eigenvalue weighted by Gasteiger charge is 2.46. The fourth-order valence-electron chi connectivity index (χ4n) is 7.13.